The molecule has 0 N–H and O–H groups in total. The normalized spacial score (nSPS) is 27.8. The Labute approximate surface area is 60.5 Å². The third-order valence-corrected chi connectivity index (χ3v) is 1.77. The molecule has 3 nitrogen and oxygen atoms in total. The molecule has 0 spiro atoms. The van der Waals surface area contributed by atoms with Crippen LogP contribution in [0.15, 0.2) is 0 Å². The lowest BCUT2D eigenvalue weighted by Gasteiger charge is -2.11. The van der Waals surface area contributed by atoms with Gasteiger partial charge >= 0.3 is 0 Å². The molecule has 0 aromatic rings. The second kappa shape index (κ2) is 3.55. The fraction of sp³-hybridized carbons (Fsp3) is 0.857. The Kier molecular flexibility index (Phi) is 2.67. The Hall–Kier alpha value is -0.590. The summed E-state index contributed by atoms with van der Waals surface area (Å²) in [5.74, 6) is 0.287. The standard InChI is InChI=1S/C7H11NO2/c1-9-7(4-8)6-2-3-10-5-6/h6-7H,2-3,5H2,1H3. The van der Waals surface area contributed by atoms with E-state index in [2.05, 4.69) is 6.07 Å². The molecular formula is C7H11NO2. The Balaban J connectivity index is 2.38. The van der Waals surface area contributed by atoms with E-state index in [9.17, 15) is 0 Å². The van der Waals surface area contributed by atoms with E-state index < -0.39 is 0 Å². The largest absolute Gasteiger partial charge is 0.381 e. The van der Waals surface area contributed by atoms with Gasteiger partial charge in [-0.1, -0.05) is 0 Å². The van der Waals surface area contributed by atoms with Crippen LogP contribution < -0.4 is 0 Å². The SMILES string of the molecule is COC(C#N)C1CCOC1. The third-order valence-electron chi connectivity index (χ3n) is 1.77. The minimum Gasteiger partial charge on any atom is -0.381 e. The molecule has 0 saturated carbocycles. The van der Waals surface area contributed by atoms with Crippen molar-refractivity contribution in [3.63, 3.8) is 0 Å². The summed E-state index contributed by atoms with van der Waals surface area (Å²) in [5.41, 5.74) is 0. The van der Waals surface area contributed by atoms with Gasteiger partial charge in [0.25, 0.3) is 0 Å². The first-order chi connectivity index (χ1) is 4.88. The minimum absolute atomic E-state index is 0.275. The summed E-state index contributed by atoms with van der Waals surface area (Å²) in [5, 5.41) is 8.56. The first-order valence-electron chi connectivity index (χ1n) is 3.38. The molecule has 0 bridgehead atoms. The quantitative estimate of drug-likeness (QED) is 0.564. The van der Waals surface area contributed by atoms with Gasteiger partial charge in [-0.2, -0.15) is 5.26 Å². The Morgan fingerprint density at radius 3 is 3.00 bits per heavy atom. The zero-order valence-corrected chi connectivity index (χ0v) is 6.04. The predicted octanol–water partition coefficient (Wildman–Crippen LogP) is 0.561. The van der Waals surface area contributed by atoms with Crippen LogP contribution in [0.4, 0.5) is 0 Å². The maximum atomic E-state index is 8.56. The second-order valence-electron chi connectivity index (χ2n) is 2.41. The van der Waals surface area contributed by atoms with Gasteiger partial charge in [-0.25, -0.2) is 0 Å². The van der Waals surface area contributed by atoms with Crippen molar-refractivity contribution in [1.29, 1.82) is 5.26 Å². The van der Waals surface area contributed by atoms with Crippen molar-refractivity contribution in [2.24, 2.45) is 5.92 Å². The van der Waals surface area contributed by atoms with Gasteiger partial charge in [0.1, 0.15) is 6.10 Å². The van der Waals surface area contributed by atoms with Crippen LogP contribution in [-0.2, 0) is 9.47 Å². The number of nitrogens with zero attached hydrogens (tertiary/aromatic N) is 1. The molecule has 0 aliphatic carbocycles. The molecule has 1 rings (SSSR count). The summed E-state index contributed by atoms with van der Waals surface area (Å²) in [6.45, 7) is 1.44. The van der Waals surface area contributed by atoms with Crippen molar-refractivity contribution < 1.29 is 9.47 Å². The molecule has 3 heteroatoms. The number of hydrogen-bond acceptors (Lipinski definition) is 3. The van der Waals surface area contributed by atoms with Crippen molar-refractivity contribution in [2.75, 3.05) is 20.3 Å². The summed E-state index contributed by atoms with van der Waals surface area (Å²) in [7, 11) is 1.56. The van der Waals surface area contributed by atoms with Crippen molar-refractivity contribution >= 4 is 0 Å². The molecular weight excluding hydrogens is 130 g/mol. The molecule has 2 unspecified atom stereocenters. The van der Waals surface area contributed by atoms with Crippen molar-refractivity contribution in [1.82, 2.24) is 0 Å². The maximum Gasteiger partial charge on any atom is 0.148 e. The average molecular weight is 141 g/mol. The van der Waals surface area contributed by atoms with Gasteiger partial charge in [-0.05, 0) is 6.42 Å². The highest BCUT2D eigenvalue weighted by Gasteiger charge is 2.24. The van der Waals surface area contributed by atoms with Gasteiger partial charge in [0, 0.05) is 19.6 Å². The van der Waals surface area contributed by atoms with E-state index in [0.717, 1.165) is 13.0 Å². The topological polar surface area (TPSA) is 42.2 Å². The van der Waals surface area contributed by atoms with Gasteiger partial charge in [-0.15, -0.1) is 0 Å². The fourth-order valence-electron chi connectivity index (χ4n) is 1.14. The number of ether oxygens (including phenoxy) is 2. The van der Waals surface area contributed by atoms with E-state index in [-0.39, 0.29) is 12.0 Å². The van der Waals surface area contributed by atoms with E-state index in [1.54, 1.807) is 7.11 Å². The van der Waals surface area contributed by atoms with Crippen LogP contribution in [0, 0.1) is 17.2 Å². The summed E-state index contributed by atoms with van der Waals surface area (Å²) in [4.78, 5) is 0. The first-order valence-corrected chi connectivity index (χ1v) is 3.38. The van der Waals surface area contributed by atoms with Crippen molar-refractivity contribution in [2.45, 2.75) is 12.5 Å². The average Bonchev–Trinajstić information content (AvgIpc) is 2.43. The predicted molar refractivity (Wildman–Crippen MR) is 35.3 cm³/mol. The minimum atomic E-state index is -0.275. The van der Waals surface area contributed by atoms with Crippen LogP contribution >= 0.6 is 0 Å². The van der Waals surface area contributed by atoms with E-state index in [4.69, 9.17) is 14.7 Å². The smallest absolute Gasteiger partial charge is 0.148 e. The van der Waals surface area contributed by atoms with Crippen molar-refractivity contribution in [3.05, 3.63) is 0 Å². The molecule has 56 valence electrons. The monoisotopic (exact) mass is 141 g/mol. The highest BCUT2D eigenvalue weighted by molar-refractivity contribution is 4.90. The number of nitriles is 1. The van der Waals surface area contributed by atoms with E-state index >= 15 is 0 Å². The molecule has 1 aliphatic rings. The van der Waals surface area contributed by atoms with Gasteiger partial charge in [0.15, 0.2) is 0 Å². The lowest BCUT2D eigenvalue weighted by atomic mass is 10.0. The van der Waals surface area contributed by atoms with Crippen LogP contribution in [0.3, 0.4) is 0 Å². The Morgan fingerprint density at radius 2 is 2.60 bits per heavy atom. The van der Waals surface area contributed by atoms with E-state index in [1.807, 2.05) is 0 Å². The maximum absolute atomic E-state index is 8.56. The molecule has 10 heavy (non-hydrogen) atoms. The summed E-state index contributed by atoms with van der Waals surface area (Å²) < 4.78 is 10.1. The molecule has 1 saturated heterocycles. The molecule has 1 aliphatic heterocycles. The van der Waals surface area contributed by atoms with Gasteiger partial charge in [0.2, 0.25) is 0 Å². The molecule has 2 atom stereocenters. The van der Waals surface area contributed by atoms with Crippen LogP contribution in [0.2, 0.25) is 0 Å². The second-order valence-corrected chi connectivity index (χ2v) is 2.41. The number of hydrogen-bond donors (Lipinski definition) is 0. The number of rotatable bonds is 2. The summed E-state index contributed by atoms with van der Waals surface area (Å²) >= 11 is 0. The molecule has 1 fully saturated rings. The molecule has 1 heterocycles. The van der Waals surface area contributed by atoms with Crippen LogP contribution in [0.25, 0.3) is 0 Å². The van der Waals surface area contributed by atoms with Crippen LogP contribution in [0.1, 0.15) is 6.42 Å². The van der Waals surface area contributed by atoms with E-state index in [0.29, 0.717) is 6.61 Å². The van der Waals surface area contributed by atoms with Gasteiger partial charge in [-0.3, -0.25) is 0 Å². The summed E-state index contributed by atoms with van der Waals surface area (Å²) in [6, 6.07) is 2.09. The molecule has 0 amide bonds. The van der Waals surface area contributed by atoms with Gasteiger partial charge in [0.05, 0.1) is 12.7 Å². The zero-order chi connectivity index (χ0) is 7.40. The van der Waals surface area contributed by atoms with Crippen LogP contribution in [0.5, 0.6) is 0 Å². The van der Waals surface area contributed by atoms with E-state index in [1.165, 1.54) is 0 Å². The highest BCUT2D eigenvalue weighted by atomic mass is 16.5. The number of methoxy groups -OCH3 is 1. The van der Waals surface area contributed by atoms with Crippen LogP contribution in [-0.4, -0.2) is 26.4 Å². The fourth-order valence-corrected chi connectivity index (χ4v) is 1.14. The Bertz CT molecular complexity index is 135. The molecule has 0 aromatic heterocycles. The lowest BCUT2D eigenvalue weighted by Crippen LogP contribution is -2.20. The zero-order valence-electron chi connectivity index (χ0n) is 6.04. The van der Waals surface area contributed by atoms with Crippen molar-refractivity contribution in [3.8, 4) is 6.07 Å². The van der Waals surface area contributed by atoms with Gasteiger partial charge < -0.3 is 9.47 Å². The molecule has 0 aromatic carbocycles. The lowest BCUT2D eigenvalue weighted by molar-refractivity contribution is 0.0838. The molecule has 0 radical (unpaired) electrons. The summed E-state index contributed by atoms with van der Waals surface area (Å²) in [6.07, 6.45) is 0.675. The first kappa shape index (κ1) is 7.52. The highest BCUT2D eigenvalue weighted by Crippen LogP contribution is 2.17. The third kappa shape index (κ3) is 1.47. The Morgan fingerprint density at radius 1 is 1.80 bits per heavy atom.